The molecule has 0 aromatic heterocycles. The average Bonchev–Trinajstić information content (AvgIpc) is 2.90. The molecular weight excluding hydrogens is 464 g/mol. The van der Waals surface area contributed by atoms with Crippen LogP contribution in [0, 0.1) is 0 Å². The van der Waals surface area contributed by atoms with Gasteiger partial charge in [-0.3, -0.25) is 0 Å². The molecule has 2 fully saturated rings. The van der Waals surface area contributed by atoms with Gasteiger partial charge in [0.05, 0.1) is 0 Å². The van der Waals surface area contributed by atoms with E-state index in [0.717, 1.165) is 88.2 Å². The fourth-order valence-electron chi connectivity index (χ4n) is 6.27. The zero-order chi connectivity index (χ0) is 26.1. The highest BCUT2D eigenvalue weighted by atomic mass is 16.6. The second kappa shape index (κ2) is 12.5. The first-order valence-electron chi connectivity index (χ1n) is 14.1. The van der Waals surface area contributed by atoms with Gasteiger partial charge in [0.25, 0.3) is 0 Å². The Hall–Kier alpha value is -3.02. The minimum absolute atomic E-state index is 0.409. The predicted molar refractivity (Wildman–Crippen MR) is 146 cm³/mol. The molecule has 6 heteroatoms. The Morgan fingerprint density at radius 1 is 0.649 bits per heavy atom. The van der Waals surface area contributed by atoms with Gasteiger partial charge in [0, 0.05) is 11.1 Å². The first kappa shape index (κ1) is 27.0. The van der Waals surface area contributed by atoms with Crippen LogP contribution in [-0.2, 0) is 12.8 Å². The molecule has 0 unspecified atom stereocenters. The summed E-state index contributed by atoms with van der Waals surface area (Å²) in [6.07, 6.45) is 11.5. The van der Waals surface area contributed by atoms with E-state index in [4.69, 9.17) is 9.47 Å². The fourth-order valence-corrected chi connectivity index (χ4v) is 6.27. The van der Waals surface area contributed by atoms with Crippen LogP contribution in [0.15, 0.2) is 48.5 Å². The minimum Gasteiger partial charge on any atom is -0.410 e. The number of ether oxygens (including phenoxy) is 2. The zero-order valence-electron chi connectivity index (χ0n) is 22.4. The lowest BCUT2D eigenvalue weighted by molar-refractivity contribution is 0.107. The topological polar surface area (TPSA) is 76.7 Å². The lowest BCUT2D eigenvalue weighted by Crippen LogP contribution is -2.60. The summed E-state index contributed by atoms with van der Waals surface area (Å²) in [4.78, 5) is 26.4. The van der Waals surface area contributed by atoms with E-state index in [2.05, 4.69) is 24.5 Å². The van der Waals surface area contributed by atoms with Gasteiger partial charge in [-0.1, -0.05) is 88.8 Å². The van der Waals surface area contributed by atoms with Crippen molar-refractivity contribution in [3.63, 3.8) is 0 Å². The fraction of sp³-hybridized carbons (Fsp3) is 0.548. The van der Waals surface area contributed by atoms with Crippen molar-refractivity contribution in [1.82, 2.24) is 10.6 Å². The van der Waals surface area contributed by atoms with Crippen molar-refractivity contribution in [2.45, 2.75) is 108 Å². The van der Waals surface area contributed by atoms with Crippen LogP contribution in [-0.4, -0.2) is 23.3 Å². The highest BCUT2D eigenvalue weighted by Gasteiger charge is 2.45. The van der Waals surface area contributed by atoms with Crippen molar-refractivity contribution in [2.75, 3.05) is 0 Å². The molecule has 2 saturated carbocycles. The second-order valence-electron chi connectivity index (χ2n) is 10.8. The van der Waals surface area contributed by atoms with Gasteiger partial charge in [0.15, 0.2) is 0 Å². The Labute approximate surface area is 221 Å². The lowest BCUT2D eigenvalue weighted by atomic mass is 9.68. The van der Waals surface area contributed by atoms with Crippen LogP contribution < -0.4 is 20.1 Å². The average molecular weight is 507 g/mol. The summed E-state index contributed by atoms with van der Waals surface area (Å²) in [5.74, 6) is 1.22. The maximum Gasteiger partial charge on any atom is 0.413 e. The molecule has 0 heterocycles. The molecule has 2 aromatic rings. The van der Waals surface area contributed by atoms with Gasteiger partial charge in [-0.25, -0.2) is 9.59 Å². The molecule has 2 aromatic carbocycles. The number of carbonyl (C=O) groups is 2. The van der Waals surface area contributed by atoms with Crippen molar-refractivity contribution in [3.8, 4) is 11.5 Å². The Kier molecular flexibility index (Phi) is 9.12. The summed E-state index contributed by atoms with van der Waals surface area (Å²) in [6, 6.07) is 15.4. The summed E-state index contributed by atoms with van der Waals surface area (Å²) in [5.41, 5.74) is 1.19. The van der Waals surface area contributed by atoms with E-state index < -0.39 is 23.3 Å². The van der Waals surface area contributed by atoms with Crippen molar-refractivity contribution in [3.05, 3.63) is 59.7 Å². The van der Waals surface area contributed by atoms with Crippen LogP contribution in [0.25, 0.3) is 0 Å². The third kappa shape index (κ3) is 7.06. The summed E-state index contributed by atoms with van der Waals surface area (Å²) in [6.45, 7) is 4.11. The number of carbonyl (C=O) groups excluding carboxylic acids is 2. The Morgan fingerprint density at radius 2 is 1.03 bits per heavy atom. The third-order valence-electron chi connectivity index (χ3n) is 8.14. The molecule has 0 aliphatic heterocycles. The highest BCUT2D eigenvalue weighted by molar-refractivity contribution is 5.73. The quantitative estimate of drug-likeness (QED) is 0.389. The van der Waals surface area contributed by atoms with Crippen molar-refractivity contribution >= 4 is 12.2 Å². The molecule has 2 aliphatic rings. The van der Waals surface area contributed by atoms with E-state index in [-0.39, 0.29) is 0 Å². The number of hydrogen-bond acceptors (Lipinski definition) is 4. The number of nitrogens with one attached hydrogen (secondary N) is 2. The number of aryl methyl sites for hydroxylation is 2. The highest BCUT2D eigenvalue weighted by Crippen LogP contribution is 2.41. The summed E-state index contributed by atoms with van der Waals surface area (Å²) < 4.78 is 11.6. The molecule has 6 nitrogen and oxygen atoms in total. The summed E-state index contributed by atoms with van der Waals surface area (Å²) in [7, 11) is 0. The maximum absolute atomic E-state index is 13.2. The Morgan fingerprint density at radius 3 is 1.41 bits per heavy atom. The van der Waals surface area contributed by atoms with Gasteiger partial charge >= 0.3 is 12.2 Å². The number of amides is 2. The van der Waals surface area contributed by atoms with Crippen LogP contribution in [0.2, 0.25) is 0 Å². The van der Waals surface area contributed by atoms with Crippen molar-refractivity contribution in [2.24, 2.45) is 0 Å². The molecule has 0 spiro atoms. The maximum atomic E-state index is 13.2. The van der Waals surface area contributed by atoms with E-state index >= 15 is 0 Å². The first-order valence-corrected chi connectivity index (χ1v) is 14.1. The normalized spacial score (nSPS) is 18.4. The van der Waals surface area contributed by atoms with Gasteiger partial charge in [0.1, 0.15) is 11.5 Å². The molecule has 0 atom stereocenters. The molecule has 0 radical (unpaired) electrons. The van der Waals surface area contributed by atoms with E-state index in [1.54, 1.807) is 0 Å². The predicted octanol–water partition coefficient (Wildman–Crippen LogP) is 7.48. The van der Waals surface area contributed by atoms with Gasteiger partial charge in [-0.2, -0.15) is 0 Å². The van der Waals surface area contributed by atoms with Crippen LogP contribution in [0.1, 0.15) is 95.6 Å². The summed E-state index contributed by atoms with van der Waals surface area (Å²) >= 11 is 0. The molecule has 37 heavy (non-hydrogen) atoms. The molecule has 4 rings (SSSR count). The van der Waals surface area contributed by atoms with Gasteiger partial charge in [0.2, 0.25) is 0 Å². The molecule has 2 amide bonds. The SMILES string of the molecule is CCc1ccccc1OC(=O)NC1(CC2(NC(=O)Oc3ccccc3CC)CCCCC2)CCCCC1. The third-order valence-corrected chi connectivity index (χ3v) is 8.14. The first-order chi connectivity index (χ1) is 18.0. The smallest absolute Gasteiger partial charge is 0.410 e. The largest absolute Gasteiger partial charge is 0.413 e. The summed E-state index contributed by atoms with van der Waals surface area (Å²) in [5, 5.41) is 6.58. The van der Waals surface area contributed by atoms with Crippen LogP contribution in [0.3, 0.4) is 0 Å². The van der Waals surface area contributed by atoms with E-state index in [0.29, 0.717) is 17.9 Å². The molecular formula is C31H42N2O4. The standard InChI is InChI=1S/C31H42N2O4/c1-3-24-15-7-9-17-26(24)36-28(34)32-30(19-11-5-12-20-30)23-31(21-13-6-14-22-31)33-29(35)37-27-18-10-8-16-25(27)4-2/h7-10,15-18H,3-6,11-14,19-23H2,1-2H3,(H,32,34)(H,33,35). The Bertz CT molecular complexity index is 971. The van der Waals surface area contributed by atoms with Gasteiger partial charge in [-0.15, -0.1) is 0 Å². The number of rotatable bonds is 8. The molecule has 0 bridgehead atoms. The number of benzene rings is 2. The van der Waals surface area contributed by atoms with Crippen LogP contribution in [0.5, 0.6) is 11.5 Å². The molecule has 200 valence electrons. The lowest BCUT2D eigenvalue weighted by Gasteiger charge is -2.47. The zero-order valence-corrected chi connectivity index (χ0v) is 22.4. The van der Waals surface area contributed by atoms with Crippen molar-refractivity contribution in [1.29, 1.82) is 0 Å². The van der Waals surface area contributed by atoms with E-state index in [1.165, 1.54) is 0 Å². The number of para-hydroxylation sites is 2. The van der Waals surface area contributed by atoms with Gasteiger partial charge < -0.3 is 20.1 Å². The second-order valence-corrected chi connectivity index (χ2v) is 10.8. The minimum atomic E-state index is -0.414. The van der Waals surface area contributed by atoms with E-state index in [1.807, 2.05) is 48.5 Å². The van der Waals surface area contributed by atoms with Crippen LogP contribution in [0.4, 0.5) is 9.59 Å². The Balaban J connectivity index is 1.51. The van der Waals surface area contributed by atoms with E-state index in [9.17, 15) is 9.59 Å². The van der Waals surface area contributed by atoms with Crippen molar-refractivity contribution < 1.29 is 19.1 Å². The molecule has 2 aliphatic carbocycles. The molecule has 0 saturated heterocycles. The van der Waals surface area contributed by atoms with Crippen LogP contribution >= 0.6 is 0 Å². The number of hydrogen-bond donors (Lipinski definition) is 2. The molecule has 2 N–H and O–H groups in total. The van der Waals surface area contributed by atoms with Gasteiger partial charge in [-0.05, 0) is 68.2 Å². The monoisotopic (exact) mass is 506 g/mol.